The highest BCUT2D eigenvalue weighted by Crippen LogP contribution is 2.34. The Labute approximate surface area is 205 Å². The first kappa shape index (κ1) is 22.9. The van der Waals surface area contributed by atoms with E-state index in [1.165, 1.54) is 57.5 Å². The van der Waals surface area contributed by atoms with E-state index in [4.69, 9.17) is 0 Å². The number of fused-ring (bicyclic) bond motifs is 2. The minimum Gasteiger partial charge on any atom is -0.299 e. The molecule has 0 aliphatic heterocycles. The van der Waals surface area contributed by atoms with Crippen LogP contribution in [0.1, 0.15) is 68.1 Å². The van der Waals surface area contributed by atoms with Crippen molar-refractivity contribution in [1.82, 2.24) is 19.7 Å². The molecular formula is C25H27N5O2S2. The van der Waals surface area contributed by atoms with E-state index in [0.29, 0.717) is 21.8 Å². The van der Waals surface area contributed by atoms with E-state index in [9.17, 15) is 9.59 Å². The van der Waals surface area contributed by atoms with Gasteiger partial charge in [0.1, 0.15) is 15.9 Å². The van der Waals surface area contributed by atoms with E-state index >= 15 is 0 Å². The van der Waals surface area contributed by atoms with Crippen LogP contribution >= 0.6 is 22.7 Å². The molecule has 3 heterocycles. The minimum atomic E-state index is -0.688. The molecule has 9 heteroatoms. The summed E-state index contributed by atoms with van der Waals surface area (Å²) in [7, 11) is 0. The van der Waals surface area contributed by atoms with Gasteiger partial charge in [-0.2, -0.15) is 0 Å². The summed E-state index contributed by atoms with van der Waals surface area (Å²) in [5, 5.41) is 14.9. The Kier molecular flexibility index (Phi) is 6.31. The number of thiophene rings is 1. The molecule has 1 aromatic carbocycles. The SMILES string of the molecule is CCC(C(=O)Nc1nnc(C(C)C)s1)n1cnc2scc(-c3ccc4c(c3)CCCC4)c2c1=O. The molecule has 1 unspecified atom stereocenters. The molecule has 34 heavy (non-hydrogen) atoms. The Hall–Kier alpha value is -2.91. The predicted octanol–water partition coefficient (Wildman–Crippen LogP) is 5.57. The summed E-state index contributed by atoms with van der Waals surface area (Å²) in [5.41, 5.74) is 4.51. The summed E-state index contributed by atoms with van der Waals surface area (Å²) in [6, 6.07) is 5.83. The van der Waals surface area contributed by atoms with Crippen molar-refractivity contribution in [2.75, 3.05) is 5.32 Å². The van der Waals surface area contributed by atoms with Crippen LogP contribution < -0.4 is 10.9 Å². The van der Waals surface area contributed by atoms with Crippen LogP contribution in [0.3, 0.4) is 0 Å². The number of aryl methyl sites for hydroxylation is 2. The first-order valence-corrected chi connectivity index (χ1v) is 13.4. The van der Waals surface area contributed by atoms with Gasteiger partial charge in [0, 0.05) is 16.9 Å². The summed E-state index contributed by atoms with van der Waals surface area (Å²) in [5.74, 6) is -0.0530. The topological polar surface area (TPSA) is 89.8 Å². The molecule has 0 saturated carbocycles. The number of nitrogens with zero attached hydrogens (tertiary/aromatic N) is 4. The second-order valence-electron chi connectivity index (χ2n) is 8.99. The summed E-state index contributed by atoms with van der Waals surface area (Å²) >= 11 is 2.82. The first-order chi connectivity index (χ1) is 16.5. The van der Waals surface area contributed by atoms with Crippen LogP contribution in [-0.4, -0.2) is 25.7 Å². The fourth-order valence-electron chi connectivity index (χ4n) is 4.50. The van der Waals surface area contributed by atoms with Crippen LogP contribution in [0, 0.1) is 0 Å². The number of carbonyl (C=O) groups excluding carboxylic acids is 1. The number of hydrogen-bond acceptors (Lipinski definition) is 7. The molecule has 176 valence electrons. The highest BCUT2D eigenvalue weighted by atomic mass is 32.1. The lowest BCUT2D eigenvalue weighted by atomic mass is 9.89. The quantitative estimate of drug-likeness (QED) is 0.379. The second-order valence-corrected chi connectivity index (χ2v) is 10.9. The third-order valence-electron chi connectivity index (χ3n) is 6.37. The van der Waals surface area contributed by atoms with Crippen molar-refractivity contribution in [3.63, 3.8) is 0 Å². The van der Waals surface area contributed by atoms with Gasteiger partial charge in [0.25, 0.3) is 5.56 Å². The number of rotatable bonds is 6. The van der Waals surface area contributed by atoms with Gasteiger partial charge < -0.3 is 0 Å². The summed E-state index contributed by atoms with van der Waals surface area (Å²) in [6.45, 7) is 5.95. The Morgan fingerprint density at radius 1 is 1.18 bits per heavy atom. The number of nitrogens with one attached hydrogen (secondary N) is 1. The first-order valence-electron chi connectivity index (χ1n) is 11.7. The molecule has 0 fully saturated rings. The van der Waals surface area contributed by atoms with Gasteiger partial charge in [0.15, 0.2) is 0 Å². The zero-order chi connectivity index (χ0) is 23.8. The van der Waals surface area contributed by atoms with Crippen molar-refractivity contribution in [2.24, 2.45) is 0 Å². The molecule has 0 spiro atoms. The Morgan fingerprint density at radius 3 is 2.71 bits per heavy atom. The van der Waals surface area contributed by atoms with Crippen molar-refractivity contribution in [3.8, 4) is 11.1 Å². The highest BCUT2D eigenvalue weighted by molar-refractivity contribution is 7.17. The summed E-state index contributed by atoms with van der Waals surface area (Å²) < 4.78 is 1.46. The van der Waals surface area contributed by atoms with Gasteiger partial charge in [-0.1, -0.05) is 50.3 Å². The maximum atomic E-state index is 13.6. The third-order valence-corrected chi connectivity index (χ3v) is 8.39. The molecule has 1 amide bonds. The van der Waals surface area contributed by atoms with E-state index in [1.807, 2.05) is 26.2 Å². The molecular weight excluding hydrogens is 466 g/mol. The van der Waals surface area contributed by atoms with Crippen molar-refractivity contribution < 1.29 is 4.79 Å². The van der Waals surface area contributed by atoms with Crippen LogP contribution in [0.15, 0.2) is 34.7 Å². The average Bonchev–Trinajstić information content (AvgIpc) is 3.48. The van der Waals surface area contributed by atoms with Gasteiger partial charge >= 0.3 is 0 Å². The Balaban J connectivity index is 1.50. The number of hydrogen-bond donors (Lipinski definition) is 1. The van der Waals surface area contributed by atoms with Crippen LogP contribution in [0.5, 0.6) is 0 Å². The van der Waals surface area contributed by atoms with Crippen LogP contribution in [0.25, 0.3) is 21.3 Å². The lowest BCUT2D eigenvalue weighted by Crippen LogP contribution is -2.33. The maximum Gasteiger partial charge on any atom is 0.263 e. The van der Waals surface area contributed by atoms with E-state index in [0.717, 1.165) is 29.0 Å². The number of anilines is 1. The molecule has 5 rings (SSSR count). The molecule has 7 nitrogen and oxygen atoms in total. The van der Waals surface area contributed by atoms with E-state index in [1.54, 1.807) is 0 Å². The third kappa shape index (κ3) is 4.18. The van der Waals surface area contributed by atoms with Crippen molar-refractivity contribution in [3.05, 3.63) is 56.4 Å². The maximum absolute atomic E-state index is 13.6. The van der Waals surface area contributed by atoms with Gasteiger partial charge in [-0.3, -0.25) is 19.5 Å². The monoisotopic (exact) mass is 493 g/mol. The van der Waals surface area contributed by atoms with E-state index in [2.05, 4.69) is 38.7 Å². The molecule has 0 bridgehead atoms. The molecule has 1 N–H and O–H groups in total. The molecule has 0 saturated heterocycles. The largest absolute Gasteiger partial charge is 0.299 e. The van der Waals surface area contributed by atoms with Crippen molar-refractivity contribution in [2.45, 2.75) is 64.8 Å². The van der Waals surface area contributed by atoms with Crippen molar-refractivity contribution in [1.29, 1.82) is 0 Å². The molecule has 3 aromatic heterocycles. The normalized spacial score (nSPS) is 14.4. The van der Waals surface area contributed by atoms with Gasteiger partial charge in [-0.25, -0.2) is 4.98 Å². The zero-order valence-electron chi connectivity index (χ0n) is 19.5. The van der Waals surface area contributed by atoms with E-state index in [-0.39, 0.29) is 17.4 Å². The summed E-state index contributed by atoms with van der Waals surface area (Å²) in [6.07, 6.45) is 6.58. The van der Waals surface area contributed by atoms with Gasteiger partial charge in [0.2, 0.25) is 11.0 Å². The lowest BCUT2D eigenvalue weighted by Gasteiger charge is -2.17. The molecule has 1 aliphatic carbocycles. The predicted molar refractivity (Wildman–Crippen MR) is 138 cm³/mol. The minimum absolute atomic E-state index is 0.193. The standard InChI is InChI=1S/C25H27N5O2S2/c1-4-19(21(31)27-25-29-28-22(34-25)14(2)3)30-13-26-23-20(24(30)32)18(12-33-23)17-10-9-15-7-5-6-8-16(15)11-17/h9-14,19H,4-8H2,1-3H3,(H,27,29,31). The average molecular weight is 494 g/mol. The summed E-state index contributed by atoms with van der Waals surface area (Å²) in [4.78, 5) is 32.0. The Bertz CT molecular complexity index is 1420. The van der Waals surface area contributed by atoms with Crippen LogP contribution in [0.2, 0.25) is 0 Å². The molecule has 1 aliphatic rings. The van der Waals surface area contributed by atoms with Gasteiger partial charge in [-0.05, 0) is 48.8 Å². The highest BCUT2D eigenvalue weighted by Gasteiger charge is 2.24. The van der Waals surface area contributed by atoms with Crippen LogP contribution in [-0.2, 0) is 17.6 Å². The van der Waals surface area contributed by atoms with Crippen molar-refractivity contribution >= 4 is 43.9 Å². The number of amides is 1. The zero-order valence-corrected chi connectivity index (χ0v) is 21.1. The lowest BCUT2D eigenvalue weighted by molar-refractivity contribution is -0.119. The number of benzene rings is 1. The van der Waals surface area contributed by atoms with Gasteiger partial charge in [-0.15, -0.1) is 21.5 Å². The molecule has 0 radical (unpaired) electrons. The fourth-order valence-corrected chi connectivity index (χ4v) is 6.15. The van der Waals surface area contributed by atoms with Gasteiger partial charge in [0.05, 0.1) is 11.7 Å². The smallest absolute Gasteiger partial charge is 0.263 e. The Morgan fingerprint density at radius 2 is 1.97 bits per heavy atom. The number of carbonyl (C=O) groups is 1. The van der Waals surface area contributed by atoms with Crippen LogP contribution in [0.4, 0.5) is 5.13 Å². The second kappa shape index (κ2) is 9.38. The number of aromatic nitrogens is 4. The molecule has 4 aromatic rings. The van der Waals surface area contributed by atoms with E-state index < -0.39 is 6.04 Å². The molecule has 1 atom stereocenters. The fraction of sp³-hybridized carbons (Fsp3) is 0.400.